The van der Waals surface area contributed by atoms with E-state index in [1.807, 2.05) is 0 Å². The summed E-state index contributed by atoms with van der Waals surface area (Å²) in [5, 5.41) is 72.0. The Bertz CT molecular complexity index is 1210. The molecule has 15 nitrogen and oxygen atoms in total. The molecule has 11 atom stereocenters. The van der Waals surface area contributed by atoms with Crippen LogP contribution in [-0.2, 0) is 38.0 Å². The van der Waals surface area contributed by atoms with Gasteiger partial charge in [0.1, 0.15) is 55.4 Å². The first-order chi connectivity index (χ1) is 32.0. The van der Waals surface area contributed by atoms with Crippen LogP contribution in [0.25, 0.3) is 0 Å². The van der Waals surface area contributed by atoms with E-state index >= 15 is 0 Å². The minimum Gasteiger partial charge on any atom is -0.462 e. The van der Waals surface area contributed by atoms with Crippen molar-refractivity contribution in [3.8, 4) is 0 Å². The van der Waals surface area contributed by atoms with Crippen molar-refractivity contribution in [2.24, 2.45) is 0 Å². The van der Waals surface area contributed by atoms with E-state index in [4.69, 9.17) is 28.4 Å². The van der Waals surface area contributed by atoms with E-state index in [0.717, 1.165) is 57.8 Å². The SMILES string of the molecule is CCCCCC/C=C\CCCCCCCC(=O)OC(COC(=O)CCCCCCCCCCCCCCCCCCC)COC1OC(COC2OC(CO)C(O)C(O)C2O)C(O)C(O)C1O. The Morgan fingerprint density at radius 3 is 1.35 bits per heavy atom. The molecule has 2 rings (SSSR count). The van der Waals surface area contributed by atoms with Gasteiger partial charge in [-0.25, -0.2) is 0 Å². The first kappa shape index (κ1) is 60.4. The summed E-state index contributed by atoms with van der Waals surface area (Å²) in [6.07, 6.45) is 21.0. The van der Waals surface area contributed by atoms with E-state index < -0.39 is 92.7 Å². The van der Waals surface area contributed by atoms with Gasteiger partial charge in [0.25, 0.3) is 0 Å². The first-order valence-corrected chi connectivity index (χ1v) is 26.3. The Hall–Kier alpha value is -1.76. The number of hydrogen-bond donors (Lipinski definition) is 7. The minimum atomic E-state index is -1.76. The average Bonchev–Trinajstić information content (AvgIpc) is 3.31. The molecule has 0 bridgehead atoms. The number of esters is 2. The quantitative estimate of drug-likeness (QED) is 0.0180. The second-order valence-corrected chi connectivity index (χ2v) is 18.7. The van der Waals surface area contributed by atoms with Crippen molar-refractivity contribution in [1.29, 1.82) is 0 Å². The molecule has 0 amide bonds. The fourth-order valence-electron chi connectivity index (χ4n) is 8.39. The lowest BCUT2D eigenvalue weighted by molar-refractivity contribution is -0.332. The Morgan fingerprint density at radius 2 is 0.864 bits per heavy atom. The molecule has 0 aromatic rings. The monoisotopic (exact) mass is 947 g/mol. The highest BCUT2D eigenvalue weighted by Crippen LogP contribution is 2.26. The molecule has 0 aromatic carbocycles. The van der Waals surface area contributed by atoms with Crippen molar-refractivity contribution in [3.63, 3.8) is 0 Å². The molecule has 0 aliphatic carbocycles. The largest absolute Gasteiger partial charge is 0.462 e. The molecule has 0 radical (unpaired) electrons. The second kappa shape index (κ2) is 39.0. The van der Waals surface area contributed by atoms with Gasteiger partial charge in [-0.15, -0.1) is 0 Å². The molecule has 388 valence electrons. The van der Waals surface area contributed by atoms with E-state index in [1.54, 1.807) is 0 Å². The molecule has 2 aliphatic heterocycles. The van der Waals surface area contributed by atoms with Gasteiger partial charge in [-0.05, 0) is 38.5 Å². The zero-order valence-electron chi connectivity index (χ0n) is 40.9. The van der Waals surface area contributed by atoms with Crippen LogP contribution in [0.1, 0.15) is 206 Å². The molecule has 0 aromatic heterocycles. The van der Waals surface area contributed by atoms with Crippen molar-refractivity contribution in [2.75, 3.05) is 26.4 Å². The maximum atomic E-state index is 13.0. The Morgan fingerprint density at radius 1 is 0.470 bits per heavy atom. The zero-order chi connectivity index (χ0) is 48.2. The molecule has 2 aliphatic rings. The normalized spacial score (nSPS) is 26.2. The maximum absolute atomic E-state index is 13.0. The summed E-state index contributed by atoms with van der Waals surface area (Å²) in [6, 6.07) is 0. The summed E-state index contributed by atoms with van der Waals surface area (Å²) in [5.41, 5.74) is 0. The molecule has 2 saturated heterocycles. The fraction of sp³-hybridized carbons (Fsp3) is 0.922. The molecular formula is C51H94O15. The highest BCUT2D eigenvalue weighted by Gasteiger charge is 2.47. The molecule has 11 unspecified atom stereocenters. The van der Waals surface area contributed by atoms with Gasteiger partial charge in [0.15, 0.2) is 18.7 Å². The summed E-state index contributed by atoms with van der Waals surface area (Å²) in [7, 11) is 0. The van der Waals surface area contributed by atoms with Crippen molar-refractivity contribution >= 4 is 11.9 Å². The van der Waals surface area contributed by atoms with Gasteiger partial charge in [0.05, 0.1) is 19.8 Å². The lowest BCUT2D eigenvalue weighted by Crippen LogP contribution is -2.61. The standard InChI is InChI=1S/C51H94O15/c1-3-5-7-9-11-13-15-17-18-19-20-22-23-25-27-29-31-33-42(53)61-36-39(64-43(54)34-32-30-28-26-24-21-16-14-12-10-8-6-4-2)37-62-50-49(60)47(58)45(56)41(66-50)38-63-51-48(59)46(57)44(55)40(35-52)65-51/h14,16,39-41,44-52,55-60H,3-13,15,17-38H2,1-2H3/b16-14-. The van der Waals surface area contributed by atoms with Gasteiger partial charge in [-0.3, -0.25) is 9.59 Å². The highest BCUT2D eigenvalue weighted by molar-refractivity contribution is 5.70. The van der Waals surface area contributed by atoms with E-state index in [2.05, 4.69) is 26.0 Å². The topological polar surface area (TPSA) is 231 Å². The number of aliphatic hydroxyl groups excluding tert-OH is 7. The first-order valence-electron chi connectivity index (χ1n) is 26.3. The van der Waals surface area contributed by atoms with Crippen molar-refractivity contribution < 1.29 is 73.8 Å². The molecule has 0 spiro atoms. The minimum absolute atomic E-state index is 0.159. The van der Waals surface area contributed by atoms with Crippen LogP contribution in [0.15, 0.2) is 12.2 Å². The Labute approximate surface area is 397 Å². The highest BCUT2D eigenvalue weighted by atomic mass is 16.7. The molecular weight excluding hydrogens is 853 g/mol. The van der Waals surface area contributed by atoms with Crippen LogP contribution in [0.3, 0.4) is 0 Å². The van der Waals surface area contributed by atoms with Gasteiger partial charge in [-0.1, -0.05) is 167 Å². The number of aliphatic hydroxyl groups is 7. The van der Waals surface area contributed by atoms with E-state index in [1.165, 1.54) is 109 Å². The van der Waals surface area contributed by atoms with Crippen LogP contribution < -0.4 is 0 Å². The van der Waals surface area contributed by atoms with Crippen molar-refractivity contribution in [1.82, 2.24) is 0 Å². The van der Waals surface area contributed by atoms with Crippen LogP contribution in [0, 0.1) is 0 Å². The third-order valence-corrected chi connectivity index (χ3v) is 12.7. The Kier molecular flexibility index (Phi) is 35.7. The summed E-state index contributed by atoms with van der Waals surface area (Å²) < 4.78 is 33.6. The van der Waals surface area contributed by atoms with Crippen LogP contribution in [0.2, 0.25) is 0 Å². The van der Waals surface area contributed by atoms with E-state index in [0.29, 0.717) is 12.8 Å². The fourth-order valence-corrected chi connectivity index (χ4v) is 8.39. The molecule has 15 heteroatoms. The van der Waals surface area contributed by atoms with Crippen molar-refractivity contribution in [3.05, 3.63) is 12.2 Å². The summed E-state index contributed by atoms with van der Waals surface area (Å²) in [6.45, 7) is 2.59. The lowest BCUT2D eigenvalue weighted by Gasteiger charge is -2.42. The second-order valence-electron chi connectivity index (χ2n) is 18.7. The molecule has 2 fully saturated rings. The summed E-state index contributed by atoms with van der Waals surface area (Å²) in [5.74, 6) is -0.925. The molecule has 7 N–H and O–H groups in total. The van der Waals surface area contributed by atoms with Crippen LogP contribution in [0.5, 0.6) is 0 Å². The van der Waals surface area contributed by atoms with E-state index in [9.17, 15) is 45.3 Å². The van der Waals surface area contributed by atoms with E-state index in [-0.39, 0.29) is 26.1 Å². The lowest BCUT2D eigenvalue weighted by atomic mass is 9.98. The summed E-state index contributed by atoms with van der Waals surface area (Å²) in [4.78, 5) is 25.7. The van der Waals surface area contributed by atoms with Crippen molar-refractivity contribution in [2.45, 2.75) is 274 Å². The number of rotatable bonds is 41. The number of allylic oxidation sites excluding steroid dienone is 2. The van der Waals surface area contributed by atoms with Crippen LogP contribution >= 0.6 is 0 Å². The van der Waals surface area contributed by atoms with Crippen LogP contribution in [0.4, 0.5) is 0 Å². The number of hydrogen-bond acceptors (Lipinski definition) is 15. The third-order valence-electron chi connectivity index (χ3n) is 12.7. The van der Waals surface area contributed by atoms with Gasteiger partial charge in [0.2, 0.25) is 0 Å². The average molecular weight is 947 g/mol. The Balaban J connectivity index is 1.79. The maximum Gasteiger partial charge on any atom is 0.306 e. The van der Waals surface area contributed by atoms with Gasteiger partial charge in [-0.2, -0.15) is 0 Å². The number of carbonyl (C=O) groups excluding carboxylic acids is 2. The zero-order valence-corrected chi connectivity index (χ0v) is 40.9. The predicted molar refractivity (Wildman–Crippen MR) is 252 cm³/mol. The molecule has 66 heavy (non-hydrogen) atoms. The molecule has 2 heterocycles. The predicted octanol–water partition coefficient (Wildman–Crippen LogP) is 7.38. The third kappa shape index (κ3) is 26.8. The van der Waals surface area contributed by atoms with Crippen LogP contribution in [-0.4, -0.2) is 142 Å². The van der Waals surface area contributed by atoms with Gasteiger partial charge in [0, 0.05) is 12.8 Å². The smallest absolute Gasteiger partial charge is 0.306 e. The number of unbranched alkanes of at least 4 members (excludes halogenated alkanes) is 25. The number of carbonyl (C=O) groups is 2. The molecule has 0 saturated carbocycles. The summed E-state index contributed by atoms with van der Waals surface area (Å²) >= 11 is 0. The number of ether oxygens (including phenoxy) is 6. The van der Waals surface area contributed by atoms with Gasteiger partial charge >= 0.3 is 11.9 Å². The van der Waals surface area contributed by atoms with Gasteiger partial charge < -0.3 is 64.2 Å².